The van der Waals surface area contributed by atoms with Crippen LogP contribution in [0.4, 0.5) is 0 Å². The highest BCUT2D eigenvalue weighted by atomic mass is 16.5. The number of unbranched alkanes of at least 4 members (excludes halogenated alkanes) is 1. The van der Waals surface area contributed by atoms with Crippen LogP contribution in [0.3, 0.4) is 0 Å². The third kappa shape index (κ3) is 6.03. The zero-order valence-electron chi connectivity index (χ0n) is 11.4. The molecular weight excluding hydrogens is 228 g/mol. The summed E-state index contributed by atoms with van der Waals surface area (Å²) >= 11 is 0. The molecule has 1 N–H and O–H groups in total. The van der Waals surface area contributed by atoms with Gasteiger partial charge in [0.05, 0.1) is 6.61 Å². The SMILES string of the molecule is CCCCOCCCOCc1cc(C)ccc1O. The maximum absolute atomic E-state index is 9.63. The van der Waals surface area contributed by atoms with E-state index in [-0.39, 0.29) is 0 Å². The van der Waals surface area contributed by atoms with E-state index in [1.54, 1.807) is 6.07 Å². The molecule has 1 rings (SSSR count). The number of hydrogen-bond acceptors (Lipinski definition) is 3. The lowest BCUT2D eigenvalue weighted by Crippen LogP contribution is -2.02. The van der Waals surface area contributed by atoms with E-state index in [1.807, 2.05) is 19.1 Å². The normalized spacial score (nSPS) is 10.8. The van der Waals surface area contributed by atoms with E-state index in [0.29, 0.717) is 19.0 Å². The molecule has 3 heteroatoms. The Morgan fingerprint density at radius 3 is 2.56 bits per heavy atom. The molecule has 0 radical (unpaired) electrons. The van der Waals surface area contributed by atoms with Crippen LogP contribution < -0.4 is 0 Å². The van der Waals surface area contributed by atoms with Crippen molar-refractivity contribution in [1.82, 2.24) is 0 Å². The number of benzene rings is 1. The Hall–Kier alpha value is -1.06. The van der Waals surface area contributed by atoms with E-state index >= 15 is 0 Å². The number of phenols is 1. The van der Waals surface area contributed by atoms with Crippen LogP contribution in [0.2, 0.25) is 0 Å². The molecule has 0 bridgehead atoms. The molecule has 3 nitrogen and oxygen atoms in total. The van der Waals surface area contributed by atoms with Gasteiger partial charge in [-0.25, -0.2) is 0 Å². The molecule has 0 aromatic heterocycles. The van der Waals surface area contributed by atoms with Gasteiger partial charge in [-0.2, -0.15) is 0 Å². The minimum Gasteiger partial charge on any atom is -0.508 e. The Kier molecular flexibility index (Phi) is 7.46. The lowest BCUT2D eigenvalue weighted by Gasteiger charge is -2.07. The highest BCUT2D eigenvalue weighted by molar-refractivity contribution is 5.35. The van der Waals surface area contributed by atoms with Crippen molar-refractivity contribution in [3.05, 3.63) is 29.3 Å². The van der Waals surface area contributed by atoms with Crippen LogP contribution in [0.1, 0.15) is 37.3 Å². The van der Waals surface area contributed by atoms with Crippen molar-refractivity contribution in [2.45, 2.75) is 39.7 Å². The van der Waals surface area contributed by atoms with E-state index in [0.717, 1.165) is 37.2 Å². The second-order valence-corrected chi connectivity index (χ2v) is 4.50. The average Bonchev–Trinajstić information content (AvgIpc) is 2.36. The van der Waals surface area contributed by atoms with Crippen LogP contribution in [0, 0.1) is 6.92 Å². The van der Waals surface area contributed by atoms with Gasteiger partial charge in [0.2, 0.25) is 0 Å². The summed E-state index contributed by atoms with van der Waals surface area (Å²) in [5.74, 6) is 0.305. The molecular formula is C15H24O3. The summed E-state index contributed by atoms with van der Waals surface area (Å²) in [5, 5.41) is 9.63. The summed E-state index contributed by atoms with van der Waals surface area (Å²) in [6.07, 6.45) is 3.19. The number of ether oxygens (including phenoxy) is 2. The predicted molar refractivity (Wildman–Crippen MR) is 72.8 cm³/mol. The van der Waals surface area contributed by atoms with Crippen LogP contribution in [-0.2, 0) is 16.1 Å². The van der Waals surface area contributed by atoms with Gasteiger partial charge in [0, 0.05) is 25.4 Å². The van der Waals surface area contributed by atoms with Gasteiger partial charge in [0.15, 0.2) is 0 Å². The summed E-state index contributed by atoms with van der Waals surface area (Å²) in [5.41, 5.74) is 1.98. The minimum absolute atomic E-state index is 0.305. The van der Waals surface area contributed by atoms with E-state index in [2.05, 4.69) is 6.92 Å². The zero-order valence-corrected chi connectivity index (χ0v) is 11.4. The van der Waals surface area contributed by atoms with Gasteiger partial charge in [-0.3, -0.25) is 0 Å². The molecule has 0 amide bonds. The quantitative estimate of drug-likeness (QED) is 0.684. The molecule has 0 atom stereocenters. The molecule has 0 aliphatic carbocycles. The average molecular weight is 252 g/mol. The first-order valence-electron chi connectivity index (χ1n) is 6.68. The molecule has 102 valence electrons. The van der Waals surface area contributed by atoms with Crippen molar-refractivity contribution in [3.8, 4) is 5.75 Å². The van der Waals surface area contributed by atoms with E-state index < -0.39 is 0 Å². The van der Waals surface area contributed by atoms with Crippen molar-refractivity contribution in [3.63, 3.8) is 0 Å². The molecule has 0 heterocycles. The van der Waals surface area contributed by atoms with Crippen molar-refractivity contribution in [1.29, 1.82) is 0 Å². The Balaban J connectivity index is 2.09. The van der Waals surface area contributed by atoms with Crippen molar-refractivity contribution in [2.75, 3.05) is 19.8 Å². The standard InChI is InChI=1S/C15H24O3/c1-3-4-8-17-9-5-10-18-12-14-11-13(2)6-7-15(14)16/h6-7,11,16H,3-5,8-10,12H2,1-2H3. The maximum atomic E-state index is 9.63. The van der Waals surface area contributed by atoms with Crippen LogP contribution in [-0.4, -0.2) is 24.9 Å². The number of hydrogen-bond donors (Lipinski definition) is 1. The van der Waals surface area contributed by atoms with Crippen LogP contribution in [0.15, 0.2) is 18.2 Å². The summed E-state index contributed by atoms with van der Waals surface area (Å²) in [7, 11) is 0. The molecule has 0 spiro atoms. The van der Waals surface area contributed by atoms with Gasteiger partial charge in [-0.15, -0.1) is 0 Å². The highest BCUT2D eigenvalue weighted by Gasteiger charge is 2.01. The van der Waals surface area contributed by atoms with E-state index in [4.69, 9.17) is 9.47 Å². The fraction of sp³-hybridized carbons (Fsp3) is 0.600. The second-order valence-electron chi connectivity index (χ2n) is 4.50. The predicted octanol–water partition coefficient (Wildman–Crippen LogP) is 3.42. The van der Waals surface area contributed by atoms with E-state index in [9.17, 15) is 5.11 Å². The number of aryl methyl sites for hydroxylation is 1. The van der Waals surface area contributed by atoms with Gasteiger partial charge >= 0.3 is 0 Å². The van der Waals surface area contributed by atoms with Crippen molar-refractivity contribution < 1.29 is 14.6 Å². The summed E-state index contributed by atoms with van der Waals surface area (Å²) in [4.78, 5) is 0. The van der Waals surface area contributed by atoms with Crippen LogP contribution >= 0.6 is 0 Å². The first kappa shape index (κ1) is 15.0. The molecule has 0 saturated carbocycles. The maximum Gasteiger partial charge on any atom is 0.121 e. The fourth-order valence-electron chi connectivity index (χ4n) is 1.62. The minimum atomic E-state index is 0.305. The van der Waals surface area contributed by atoms with Gasteiger partial charge in [0.1, 0.15) is 5.75 Å². The second kappa shape index (κ2) is 8.95. The largest absolute Gasteiger partial charge is 0.508 e. The topological polar surface area (TPSA) is 38.7 Å². The van der Waals surface area contributed by atoms with Crippen LogP contribution in [0.25, 0.3) is 0 Å². The number of aromatic hydroxyl groups is 1. The molecule has 18 heavy (non-hydrogen) atoms. The monoisotopic (exact) mass is 252 g/mol. The zero-order chi connectivity index (χ0) is 13.2. The van der Waals surface area contributed by atoms with Crippen LogP contribution in [0.5, 0.6) is 5.75 Å². The molecule has 0 aliphatic rings. The first-order chi connectivity index (χ1) is 8.74. The Morgan fingerprint density at radius 2 is 1.78 bits per heavy atom. The lowest BCUT2D eigenvalue weighted by molar-refractivity contribution is 0.0740. The molecule has 0 unspecified atom stereocenters. The fourth-order valence-corrected chi connectivity index (χ4v) is 1.62. The molecule has 1 aromatic carbocycles. The molecule has 0 aliphatic heterocycles. The van der Waals surface area contributed by atoms with Gasteiger partial charge < -0.3 is 14.6 Å². The van der Waals surface area contributed by atoms with Gasteiger partial charge in [-0.05, 0) is 25.8 Å². The Labute approximate surface area is 110 Å². The van der Waals surface area contributed by atoms with Gasteiger partial charge in [0.25, 0.3) is 0 Å². The summed E-state index contributed by atoms with van der Waals surface area (Å²) in [6, 6.07) is 5.55. The smallest absolute Gasteiger partial charge is 0.121 e. The third-order valence-corrected chi connectivity index (χ3v) is 2.71. The van der Waals surface area contributed by atoms with Crippen molar-refractivity contribution >= 4 is 0 Å². The Morgan fingerprint density at radius 1 is 1.06 bits per heavy atom. The van der Waals surface area contributed by atoms with Crippen molar-refractivity contribution in [2.24, 2.45) is 0 Å². The van der Waals surface area contributed by atoms with Gasteiger partial charge in [-0.1, -0.05) is 31.0 Å². The van der Waals surface area contributed by atoms with E-state index in [1.165, 1.54) is 6.42 Å². The Bertz CT molecular complexity index is 337. The molecule has 0 fully saturated rings. The first-order valence-corrected chi connectivity index (χ1v) is 6.68. The molecule has 1 aromatic rings. The third-order valence-electron chi connectivity index (χ3n) is 2.71. The number of rotatable bonds is 9. The summed E-state index contributed by atoms with van der Waals surface area (Å²) < 4.78 is 11.0. The number of phenolic OH excluding ortho intramolecular Hbond substituents is 1. The molecule has 0 saturated heterocycles. The lowest BCUT2D eigenvalue weighted by atomic mass is 10.1. The highest BCUT2D eigenvalue weighted by Crippen LogP contribution is 2.18. The summed E-state index contributed by atoms with van der Waals surface area (Å²) in [6.45, 7) is 6.88.